The van der Waals surface area contributed by atoms with Crippen molar-refractivity contribution >= 4 is 0 Å². The molecule has 1 rings (SSSR count). The van der Waals surface area contributed by atoms with Crippen LogP contribution in [0.15, 0.2) is 30.3 Å². The predicted molar refractivity (Wildman–Crippen MR) is 71.7 cm³/mol. The summed E-state index contributed by atoms with van der Waals surface area (Å²) in [5, 5.41) is 10.1. The molecule has 17 heavy (non-hydrogen) atoms. The standard InChI is InChI=1S/C14H24N2O/c1-3-14(2,17)12-16(10-9-15)11-13-7-5-4-6-8-13/h4-8,17H,3,9-12,15H2,1-2H3. The molecular formula is C14H24N2O. The molecule has 0 aromatic heterocycles. The minimum atomic E-state index is -0.635. The second-order valence-electron chi connectivity index (χ2n) is 4.84. The molecule has 0 amide bonds. The third kappa shape index (κ3) is 5.31. The van der Waals surface area contributed by atoms with E-state index in [2.05, 4.69) is 17.0 Å². The van der Waals surface area contributed by atoms with Gasteiger partial charge in [-0.2, -0.15) is 0 Å². The van der Waals surface area contributed by atoms with Crippen LogP contribution in [0.3, 0.4) is 0 Å². The van der Waals surface area contributed by atoms with Gasteiger partial charge in [0.1, 0.15) is 0 Å². The summed E-state index contributed by atoms with van der Waals surface area (Å²) in [6, 6.07) is 10.3. The molecule has 0 aliphatic heterocycles. The normalized spacial score (nSPS) is 14.9. The summed E-state index contributed by atoms with van der Waals surface area (Å²) in [7, 11) is 0. The lowest BCUT2D eigenvalue weighted by atomic mass is 10.0. The Balaban J connectivity index is 2.60. The maximum Gasteiger partial charge on any atom is 0.0743 e. The number of aliphatic hydroxyl groups is 1. The smallest absolute Gasteiger partial charge is 0.0743 e. The van der Waals surface area contributed by atoms with Gasteiger partial charge < -0.3 is 10.8 Å². The van der Waals surface area contributed by atoms with Gasteiger partial charge in [-0.3, -0.25) is 4.90 Å². The van der Waals surface area contributed by atoms with Crippen molar-refractivity contribution in [3.8, 4) is 0 Å². The summed E-state index contributed by atoms with van der Waals surface area (Å²) >= 11 is 0. The van der Waals surface area contributed by atoms with Gasteiger partial charge in [0, 0.05) is 26.2 Å². The molecule has 0 heterocycles. The fraction of sp³-hybridized carbons (Fsp3) is 0.571. The van der Waals surface area contributed by atoms with Gasteiger partial charge in [-0.1, -0.05) is 37.3 Å². The van der Waals surface area contributed by atoms with Crippen LogP contribution in [0.4, 0.5) is 0 Å². The Labute approximate surface area is 104 Å². The first kappa shape index (κ1) is 14.2. The molecule has 0 aliphatic carbocycles. The van der Waals surface area contributed by atoms with E-state index in [0.29, 0.717) is 13.1 Å². The van der Waals surface area contributed by atoms with Gasteiger partial charge in [0.25, 0.3) is 0 Å². The van der Waals surface area contributed by atoms with Gasteiger partial charge in [-0.15, -0.1) is 0 Å². The van der Waals surface area contributed by atoms with Crippen molar-refractivity contribution in [2.24, 2.45) is 5.73 Å². The first-order valence-electron chi connectivity index (χ1n) is 6.26. The van der Waals surface area contributed by atoms with Crippen LogP contribution in [-0.4, -0.2) is 35.2 Å². The average Bonchev–Trinajstić information content (AvgIpc) is 2.30. The molecule has 3 N–H and O–H groups in total. The summed E-state index contributed by atoms with van der Waals surface area (Å²) < 4.78 is 0. The van der Waals surface area contributed by atoms with E-state index < -0.39 is 5.60 Å². The quantitative estimate of drug-likeness (QED) is 0.756. The van der Waals surface area contributed by atoms with Crippen molar-refractivity contribution in [1.29, 1.82) is 0 Å². The Kier molecular flexibility index (Phi) is 5.62. The highest BCUT2D eigenvalue weighted by molar-refractivity contribution is 5.14. The van der Waals surface area contributed by atoms with Gasteiger partial charge in [-0.25, -0.2) is 0 Å². The molecule has 1 unspecified atom stereocenters. The predicted octanol–water partition coefficient (Wildman–Crippen LogP) is 1.61. The molecule has 3 heteroatoms. The lowest BCUT2D eigenvalue weighted by Crippen LogP contribution is -2.42. The average molecular weight is 236 g/mol. The Morgan fingerprint density at radius 3 is 2.47 bits per heavy atom. The van der Waals surface area contributed by atoms with E-state index in [4.69, 9.17) is 5.73 Å². The zero-order chi connectivity index (χ0) is 12.7. The van der Waals surface area contributed by atoms with Crippen molar-refractivity contribution in [2.45, 2.75) is 32.4 Å². The summed E-state index contributed by atoms with van der Waals surface area (Å²) in [6.45, 7) is 6.81. The van der Waals surface area contributed by atoms with Crippen LogP contribution in [0.25, 0.3) is 0 Å². The Hall–Kier alpha value is -0.900. The van der Waals surface area contributed by atoms with Crippen LogP contribution in [0.2, 0.25) is 0 Å². The third-order valence-corrected chi connectivity index (χ3v) is 3.02. The zero-order valence-corrected chi connectivity index (χ0v) is 10.9. The molecule has 3 nitrogen and oxygen atoms in total. The highest BCUT2D eigenvalue weighted by atomic mass is 16.3. The molecule has 0 saturated carbocycles. The minimum Gasteiger partial charge on any atom is -0.389 e. The van der Waals surface area contributed by atoms with E-state index in [0.717, 1.165) is 19.5 Å². The van der Waals surface area contributed by atoms with Crippen LogP contribution in [0.5, 0.6) is 0 Å². The summed E-state index contributed by atoms with van der Waals surface area (Å²) in [5.74, 6) is 0. The molecule has 0 aliphatic rings. The largest absolute Gasteiger partial charge is 0.389 e. The second-order valence-corrected chi connectivity index (χ2v) is 4.84. The van der Waals surface area contributed by atoms with E-state index in [1.165, 1.54) is 5.56 Å². The fourth-order valence-corrected chi connectivity index (χ4v) is 1.83. The molecular weight excluding hydrogens is 212 g/mol. The van der Waals surface area contributed by atoms with Crippen molar-refractivity contribution in [3.63, 3.8) is 0 Å². The third-order valence-electron chi connectivity index (χ3n) is 3.02. The van der Waals surface area contributed by atoms with E-state index in [1.54, 1.807) is 0 Å². The lowest BCUT2D eigenvalue weighted by Gasteiger charge is -2.30. The van der Waals surface area contributed by atoms with Crippen molar-refractivity contribution in [3.05, 3.63) is 35.9 Å². The van der Waals surface area contributed by atoms with Gasteiger partial charge in [-0.05, 0) is 18.9 Å². The van der Waals surface area contributed by atoms with Crippen molar-refractivity contribution in [2.75, 3.05) is 19.6 Å². The number of nitrogens with zero attached hydrogens (tertiary/aromatic N) is 1. The summed E-state index contributed by atoms with van der Waals surface area (Å²) in [5.41, 5.74) is 6.24. The Morgan fingerprint density at radius 1 is 1.29 bits per heavy atom. The second kappa shape index (κ2) is 6.74. The first-order chi connectivity index (χ1) is 8.07. The molecule has 1 aromatic carbocycles. The SMILES string of the molecule is CCC(C)(O)CN(CCN)Cc1ccccc1. The molecule has 0 bridgehead atoms. The highest BCUT2D eigenvalue weighted by Gasteiger charge is 2.21. The van der Waals surface area contributed by atoms with Gasteiger partial charge in [0.15, 0.2) is 0 Å². The molecule has 0 spiro atoms. The van der Waals surface area contributed by atoms with Crippen LogP contribution >= 0.6 is 0 Å². The number of nitrogens with two attached hydrogens (primary N) is 1. The maximum atomic E-state index is 10.1. The first-order valence-corrected chi connectivity index (χ1v) is 6.26. The molecule has 0 saturated heterocycles. The molecule has 96 valence electrons. The highest BCUT2D eigenvalue weighted by Crippen LogP contribution is 2.13. The fourth-order valence-electron chi connectivity index (χ4n) is 1.83. The molecule has 0 fully saturated rings. The van der Waals surface area contributed by atoms with Crippen LogP contribution in [0, 0.1) is 0 Å². The number of benzene rings is 1. The molecule has 1 atom stereocenters. The van der Waals surface area contributed by atoms with Crippen molar-refractivity contribution in [1.82, 2.24) is 4.90 Å². The maximum absolute atomic E-state index is 10.1. The Morgan fingerprint density at radius 2 is 1.94 bits per heavy atom. The van der Waals surface area contributed by atoms with Gasteiger partial charge in [0.05, 0.1) is 5.60 Å². The van der Waals surface area contributed by atoms with Crippen LogP contribution < -0.4 is 5.73 Å². The van der Waals surface area contributed by atoms with E-state index in [-0.39, 0.29) is 0 Å². The monoisotopic (exact) mass is 236 g/mol. The van der Waals surface area contributed by atoms with Crippen molar-refractivity contribution < 1.29 is 5.11 Å². The lowest BCUT2D eigenvalue weighted by molar-refractivity contribution is 0.0148. The van der Waals surface area contributed by atoms with E-state index in [1.807, 2.05) is 32.0 Å². The number of hydrogen-bond acceptors (Lipinski definition) is 3. The number of hydrogen-bond donors (Lipinski definition) is 2. The zero-order valence-electron chi connectivity index (χ0n) is 10.9. The molecule has 0 radical (unpaired) electrons. The van der Waals surface area contributed by atoms with Crippen LogP contribution in [0.1, 0.15) is 25.8 Å². The summed E-state index contributed by atoms with van der Waals surface area (Å²) in [4.78, 5) is 2.21. The van der Waals surface area contributed by atoms with Crippen LogP contribution in [-0.2, 0) is 6.54 Å². The minimum absolute atomic E-state index is 0.618. The van der Waals surface area contributed by atoms with Gasteiger partial charge >= 0.3 is 0 Å². The summed E-state index contributed by atoms with van der Waals surface area (Å²) in [6.07, 6.45) is 0.753. The van der Waals surface area contributed by atoms with E-state index in [9.17, 15) is 5.11 Å². The van der Waals surface area contributed by atoms with E-state index >= 15 is 0 Å². The van der Waals surface area contributed by atoms with Gasteiger partial charge in [0.2, 0.25) is 0 Å². The molecule has 1 aromatic rings. The Bertz CT molecular complexity index is 311. The topological polar surface area (TPSA) is 49.5 Å². The number of rotatable bonds is 7.